The lowest BCUT2D eigenvalue weighted by atomic mass is 10.0. The van der Waals surface area contributed by atoms with Crippen molar-refractivity contribution in [3.63, 3.8) is 0 Å². The lowest BCUT2D eigenvalue weighted by molar-refractivity contribution is 0.0600. The number of carboxylic acid groups (broad SMARTS) is 1. The molecule has 0 saturated heterocycles. The quantitative estimate of drug-likeness (QED) is 0.316. The Balaban J connectivity index is 2.06. The van der Waals surface area contributed by atoms with Gasteiger partial charge in [0.25, 0.3) is 5.91 Å². The molecule has 3 rings (SSSR count). The van der Waals surface area contributed by atoms with Gasteiger partial charge in [-0.1, -0.05) is 57.0 Å². The van der Waals surface area contributed by atoms with E-state index in [9.17, 15) is 19.5 Å². The van der Waals surface area contributed by atoms with E-state index in [1.807, 2.05) is 39.8 Å². The number of methoxy groups -OCH3 is 1. The summed E-state index contributed by atoms with van der Waals surface area (Å²) in [4.78, 5) is 44.2. The number of benzene rings is 2. The molecule has 1 amide bonds. The summed E-state index contributed by atoms with van der Waals surface area (Å²) in [7, 11) is 1.24. The molecule has 0 fully saturated rings. The zero-order chi connectivity index (χ0) is 26.8. The number of carbonyl (C=O) groups is 3. The Kier molecular flexibility index (Phi) is 10.0. The highest BCUT2D eigenvalue weighted by Crippen LogP contribution is 2.26. The van der Waals surface area contributed by atoms with E-state index in [0.717, 1.165) is 31.2 Å². The number of imidazole rings is 1. The van der Waals surface area contributed by atoms with Crippen molar-refractivity contribution < 1.29 is 24.2 Å². The van der Waals surface area contributed by atoms with E-state index in [1.165, 1.54) is 19.2 Å². The minimum absolute atomic E-state index is 0.0812. The Morgan fingerprint density at radius 3 is 2.27 bits per heavy atom. The van der Waals surface area contributed by atoms with E-state index in [0.29, 0.717) is 37.4 Å². The third-order valence-corrected chi connectivity index (χ3v) is 6.24. The second-order valence-corrected chi connectivity index (χ2v) is 8.94. The summed E-state index contributed by atoms with van der Waals surface area (Å²) in [6, 6.07) is 14.3. The molecule has 1 aromatic heterocycles. The van der Waals surface area contributed by atoms with Gasteiger partial charge in [0.1, 0.15) is 11.5 Å². The van der Waals surface area contributed by atoms with E-state index in [-0.39, 0.29) is 22.7 Å². The van der Waals surface area contributed by atoms with Gasteiger partial charge < -0.3 is 19.3 Å². The number of hydrogen-bond donors (Lipinski definition) is 1. The van der Waals surface area contributed by atoms with Crippen LogP contribution in [0.2, 0.25) is 0 Å². The number of aromatic carboxylic acids is 1. The van der Waals surface area contributed by atoms with Crippen LogP contribution in [0.25, 0.3) is 11.4 Å². The molecule has 37 heavy (non-hydrogen) atoms. The molecule has 0 saturated carbocycles. The minimum atomic E-state index is -1.20. The van der Waals surface area contributed by atoms with Crippen LogP contribution in [0.3, 0.4) is 0 Å². The van der Waals surface area contributed by atoms with Crippen LogP contribution in [0.4, 0.5) is 0 Å². The van der Waals surface area contributed by atoms with Gasteiger partial charge in [-0.15, -0.1) is 0 Å². The van der Waals surface area contributed by atoms with Crippen molar-refractivity contribution in [1.29, 1.82) is 0 Å². The van der Waals surface area contributed by atoms with E-state index in [2.05, 4.69) is 18.8 Å². The van der Waals surface area contributed by atoms with Crippen molar-refractivity contribution in [3.05, 3.63) is 77.1 Å². The molecule has 2 aromatic carbocycles. The minimum Gasteiger partial charge on any atom is -0.478 e. The number of esters is 1. The molecular weight excluding hydrogens is 470 g/mol. The molecule has 0 bridgehead atoms. The summed E-state index contributed by atoms with van der Waals surface area (Å²) in [5, 5.41) is 9.94. The topological polar surface area (TPSA) is 102 Å². The van der Waals surface area contributed by atoms with Crippen molar-refractivity contribution in [2.24, 2.45) is 0 Å². The van der Waals surface area contributed by atoms with Gasteiger partial charge in [-0.25, -0.2) is 14.6 Å². The summed E-state index contributed by atoms with van der Waals surface area (Å²) in [6.45, 7) is 5.97. The van der Waals surface area contributed by atoms with Crippen LogP contribution >= 0.6 is 0 Å². The smallest absolute Gasteiger partial charge is 0.337 e. The van der Waals surface area contributed by atoms with Crippen LogP contribution in [0.15, 0.2) is 54.7 Å². The third kappa shape index (κ3) is 7.06. The van der Waals surface area contributed by atoms with Crippen molar-refractivity contribution in [3.8, 4) is 11.4 Å². The molecule has 0 aliphatic heterocycles. The Labute approximate surface area is 217 Å². The average Bonchev–Trinajstić information content (AvgIpc) is 3.35. The molecule has 8 nitrogen and oxygen atoms in total. The highest BCUT2D eigenvalue weighted by atomic mass is 16.5. The van der Waals surface area contributed by atoms with Gasteiger partial charge in [0.2, 0.25) is 0 Å². The number of hydrogen-bond acceptors (Lipinski definition) is 5. The number of aromatic nitrogens is 2. The molecule has 0 radical (unpaired) electrons. The van der Waals surface area contributed by atoms with E-state index >= 15 is 0 Å². The number of carboxylic acids is 1. The average molecular weight is 506 g/mol. The highest BCUT2D eigenvalue weighted by molar-refractivity contribution is 6.00. The van der Waals surface area contributed by atoms with Crippen LogP contribution in [-0.4, -0.2) is 57.6 Å². The molecule has 0 aliphatic carbocycles. The predicted molar refractivity (Wildman–Crippen MR) is 142 cm³/mol. The fourth-order valence-corrected chi connectivity index (χ4v) is 4.13. The second kappa shape index (κ2) is 13.4. The summed E-state index contributed by atoms with van der Waals surface area (Å²) in [6.07, 6.45) is 6.13. The molecule has 3 aromatic rings. The van der Waals surface area contributed by atoms with Crippen LogP contribution < -0.4 is 0 Å². The Hall–Kier alpha value is -3.94. The van der Waals surface area contributed by atoms with Crippen molar-refractivity contribution >= 4 is 17.8 Å². The fraction of sp³-hybridized carbons (Fsp3) is 0.379. The first-order chi connectivity index (χ1) is 17.9. The summed E-state index contributed by atoms with van der Waals surface area (Å²) in [5.41, 5.74) is 1.78. The van der Waals surface area contributed by atoms with Crippen LogP contribution in [-0.2, 0) is 17.7 Å². The number of carbonyl (C=O) groups excluding carboxylic acids is 2. The molecule has 0 unspecified atom stereocenters. The molecule has 0 aliphatic rings. The van der Waals surface area contributed by atoms with Gasteiger partial charge in [0.15, 0.2) is 0 Å². The first-order valence-electron chi connectivity index (χ1n) is 12.8. The highest BCUT2D eigenvalue weighted by Gasteiger charge is 2.24. The van der Waals surface area contributed by atoms with Crippen LogP contribution in [0, 0.1) is 0 Å². The SMILES string of the molecule is CCCCN(CCCC)C(=O)c1cn(CCc2ccccc2)c(-c2ccc(C(=O)OC)cc2C(=O)O)n1. The summed E-state index contributed by atoms with van der Waals surface area (Å²) in [5.74, 6) is -1.61. The second-order valence-electron chi connectivity index (χ2n) is 8.94. The van der Waals surface area contributed by atoms with Gasteiger partial charge >= 0.3 is 11.9 Å². The Morgan fingerprint density at radius 1 is 1.00 bits per heavy atom. The number of rotatable bonds is 13. The number of aryl methyl sites for hydroxylation is 2. The Morgan fingerprint density at radius 2 is 1.68 bits per heavy atom. The third-order valence-electron chi connectivity index (χ3n) is 6.24. The summed E-state index contributed by atoms with van der Waals surface area (Å²) >= 11 is 0. The van der Waals surface area contributed by atoms with E-state index in [4.69, 9.17) is 4.74 Å². The monoisotopic (exact) mass is 505 g/mol. The molecule has 8 heteroatoms. The van der Waals surface area contributed by atoms with Crippen molar-refractivity contribution in [1.82, 2.24) is 14.5 Å². The number of amides is 1. The van der Waals surface area contributed by atoms with Crippen LogP contribution in [0.5, 0.6) is 0 Å². The van der Waals surface area contributed by atoms with Crippen molar-refractivity contribution in [2.45, 2.75) is 52.5 Å². The maximum atomic E-state index is 13.5. The van der Waals surface area contributed by atoms with Gasteiger partial charge in [0, 0.05) is 31.4 Å². The maximum absolute atomic E-state index is 13.5. The molecule has 1 heterocycles. The van der Waals surface area contributed by atoms with E-state index in [1.54, 1.807) is 12.3 Å². The first-order valence-corrected chi connectivity index (χ1v) is 12.8. The van der Waals surface area contributed by atoms with Crippen molar-refractivity contribution in [2.75, 3.05) is 20.2 Å². The van der Waals surface area contributed by atoms with Gasteiger partial charge in [-0.2, -0.15) is 0 Å². The lowest BCUT2D eigenvalue weighted by Gasteiger charge is -2.21. The van der Waals surface area contributed by atoms with Gasteiger partial charge in [0.05, 0.1) is 18.2 Å². The van der Waals surface area contributed by atoms with E-state index < -0.39 is 11.9 Å². The van der Waals surface area contributed by atoms with Gasteiger partial charge in [-0.05, 0) is 43.0 Å². The zero-order valence-corrected chi connectivity index (χ0v) is 21.8. The molecule has 196 valence electrons. The summed E-state index contributed by atoms with van der Waals surface area (Å²) < 4.78 is 6.58. The molecular formula is C29H35N3O5. The fourth-order valence-electron chi connectivity index (χ4n) is 4.13. The molecule has 0 atom stereocenters. The largest absolute Gasteiger partial charge is 0.478 e. The molecule has 1 N–H and O–H groups in total. The normalized spacial score (nSPS) is 10.8. The molecule has 0 spiro atoms. The number of unbranched alkanes of at least 4 members (excludes halogenated alkanes) is 2. The Bertz CT molecular complexity index is 1210. The predicted octanol–water partition coefficient (Wildman–Crippen LogP) is 5.32. The van der Waals surface area contributed by atoms with Gasteiger partial charge in [-0.3, -0.25) is 4.79 Å². The number of ether oxygens (including phenoxy) is 1. The van der Waals surface area contributed by atoms with Crippen LogP contribution in [0.1, 0.15) is 76.3 Å². The standard InChI is InChI=1S/C29H35N3O5/c1-4-6-16-31(17-7-5-2)27(33)25-20-32(18-15-21-11-9-8-10-12-21)26(30-25)23-14-13-22(29(36)37-3)19-24(23)28(34)35/h8-14,19-20H,4-7,15-18H2,1-3H3,(H,34,35). The number of nitrogens with zero attached hydrogens (tertiary/aromatic N) is 3. The zero-order valence-electron chi connectivity index (χ0n) is 21.8. The maximum Gasteiger partial charge on any atom is 0.337 e. The first kappa shape index (κ1) is 27.6. The lowest BCUT2D eigenvalue weighted by Crippen LogP contribution is -2.33.